The van der Waals surface area contributed by atoms with Crippen LogP contribution in [0.15, 0.2) is 59.8 Å². The summed E-state index contributed by atoms with van der Waals surface area (Å²) < 4.78 is 0. The number of thioether (sulfide) groups is 1. The van der Waals surface area contributed by atoms with E-state index >= 15 is 0 Å². The summed E-state index contributed by atoms with van der Waals surface area (Å²) in [6.07, 6.45) is 0. The fraction of sp³-hybridized carbons (Fsp3) is 0.188. The van der Waals surface area contributed by atoms with Gasteiger partial charge >= 0.3 is 0 Å². The van der Waals surface area contributed by atoms with Gasteiger partial charge in [0.15, 0.2) is 5.16 Å². The van der Waals surface area contributed by atoms with Gasteiger partial charge in [0.1, 0.15) is 0 Å². The van der Waals surface area contributed by atoms with Gasteiger partial charge in [-0.15, -0.1) is 0 Å². The molecule has 2 aromatic carbocycles. The summed E-state index contributed by atoms with van der Waals surface area (Å²) in [6.45, 7) is 0. The number of alkyl halides is 1. The Morgan fingerprint density at radius 2 is 1.80 bits per heavy atom. The molecule has 0 aliphatic rings. The lowest BCUT2D eigenvalue weighted by Gasteiger charge is -2.12. The Labute approximate surface area is 131 Å². The van der Waals surface area contributed by atoms with Crippen molar-refractivity contribution in [1.82, 2.24) is 9.97 Å². The van der Waals surface area contributed by atoms with Crippen LogP contribution in [0.2, 0.25) is 0 Å². The zero-order valence-corrected chi connectivity index (χ0v) is 13.3. The number of rotatable bonds is 5. The van der Waals surface area contributed by atoms with Crippen LogP contribution in [0.25, 0.3) is 11.0 Å². The average molecular weight is 347 g/mol. The highest BCUT2D eigenvalue weighted by atomic mass is 79.9. The molecule has 0 saturated heterocycles. The lowest BCUT2D eigenvalue weighted by molar-refractivity contribution is 0.897. The van der Waals surface area contributed by atoms with Gasteiger partial charge in [0.2, 0.25) is 0 Å². The third-order valence-electron chi connectivity index (χ3n) is 3.25. The van der Waals surface area contributed by atoms with Gasteiger partial charge in [-0.1, -0.05) is 70.2 Å². The molecule has 1 atom stereocenters. The third-order valence-corrected chi connectivity index (χ3v) is 5.06. The van der Waals surface area contributed by atoms with E-state index in [1.165, 1.54) is 5.56 Å². The summed E-state index contributed by atoms with van der Waals surface area (Å²) in [4.78, 5) is 7.97. The maximum Gasteiger partial charge on any atom is 0.166 e. The molecule has 20 heavy (non-hydrogen) atoms. The molecule has 0 spiro atoms. The van der Waals surface area contributed by atoms with Crippen molar-refractivity contribution in [2.75, 3.05) is 11.1 Å². The molecule has 102 valence electrons. The average Bonchev–Trinajstić information content (AvgIpc) is 2.92. The maximum absolute atomic E-state index is 4.60. The number of aromatic nitrogens is 2. The Bertz CT molecular complexity index is 648. The molecule has 1 N–H and O–H groups in total. The molecule has 0 saturated carbocycles. The van der Waals surface area contributed by atoms with E-state index in [1.807, 2.05) is 18.2 Å². The smallest absolute Gasteiger partial charge is 0.166 e. The van der Waals surface area contributed by atoms with Gasteiger partial charge in [0, 0.05) is 17.0 Å². The Morgan fingerprint density at radius 3 is 2.55 bits per heavy atom. The molecule has 0 radical (unpaired) electrons. The molecular formula is C16H15BrN2S. The number of nitrogens with one attached hydrogen (secondary N) is 1. The molecule has 1 heterocycles. The van der Waals surface area contributed by atoms with Crippen molar-refractivity contribution in [3.05, 3.63) is 60.2 Å². The fourth-order valence-corrected chi connectivity index (χ4v) is 4.05. The number of fused-ring (bicyclic) bond motifs is 1. The molecular weight excluding hydrogens is 332 g/mol. The molecule has 0 fully saturated rings. The number of imidazole rings is 1. The Morgan fingerprint density at radius 1 is 1.05 bits per heavy atom. The second-order valence-electron chi connectivity index (χ2n) is 4.63. The van der Waals surface area contributed by atoms with E-state index in [1.54, 1.807) is 11.8 Å². The van der Waals surface area contributed by atoms with Gasteiger partial charge in [-0.05, 0) is 17.7 Å². The van der Waals surface area contributed by atoms with E-state index in [9.17, 15) is 0 Å². The zero-order chi connectivity index (χ0) is 13.8. The number of H-pyrrole nitrogens is 1. The van der Waals surface area contributed by atoms with Crippen molar-refractivity contribution >= 4 is 38.7 Å². The summed E-state index contributed by atoms with van der Waals surface area (Å²) in [5, 5.41) is 1.96. The Balaban J connectivity index is 1.71. The molecule has 3 aromatic rings. The SMILES string of the molecule is BrCC(CSc1nc2ccccc2[nH]1)c1ccccc1. The number of benzene rings is 2. The molecule has 0 aliphatic heterocycles. The van der Waals surface area contributed by atoms with Gasteiger partial charge in [-0.3, -0.25) is 0 Å². The number of hydrogen-bond donors (Lipinski definition) is 1. The van der Waals surface area contributed by atoms with E-state index in [2.05, 4.69) is 62.3 Å². The minimum Gasteiger partial charge on any atom is -0.333 e. The van der Waals surface area contributed by atoms with E-state index in [4.69, 9.17) is 0 Å². The van der Waals surface area contributed by atoms with Crippen LogP contribution in [-0.2, 0) is 0 Å². The Hall–Kier alpha value is -1.26. The highest BCUT2D eigenvalue weighted by Crippen LogP contribution is 2.27. The quantitative estimate of drug-likeness (QED) is 0.529. The van der Waals surface area contributed by atoms with Crippen LogP contribution >= 0.6 is 27.7 Å². The Kier molecular flexibility index (Phi) is 4.43. The van der Waals surface area contributed by atoms with E-state index in [0.29, 0.717) is 5.92 Å². The molecule has 2 nitrogen and oxygen atoms in total. The largest absolute Gasteiger partial charge is 0.333 e. The van der Waals surface area contributed by atoms with Crippen LogP contribution in [0.1, 0.15) is 11.5 Å². The minimum absolute atomic E-state index is 0.495. The van der Waals surface area contributed by atoms with Crippen molar-refractivity contribution < 1.29 is 0 Å². The summed E-state index contributed by atoms with van der Waals surface area (Å²) in [6, 6.07) is 18.8. The number of halogens is 1. The van der Waals surface area contributed by atoms with Crippen LogP contribution in [0, 0.1) is 0 Å². The molecule has 0 amide bonds. The van der Waals surface area contributed by atoms with Crippen molar-refractivity contribution in [1.29, 1.82) is 0 Å². The van der Waals surface area contributed by atoms with E-state index in [0.717, 1.165) is 27.3 Å². The first-order valence-corrected chi connectivity index (χ1v) is 8.66. The molecule has 1 aromatic heterocycles. The van der Waals surface area contributed by atoms with Crippen LogP contribution in [0.5, 0.6) is 0 Å². The van der Waals surface area contributed by atoms with Crippen molar-refractivity contribution in [3.63, 3.8) is 0 Å². The van der Waals surface area contributed by atoms with Crippen molar-refractivity contribution in [3.8, 4) is 0 Å². The fourth-order valence-electron chi connectivity index (χ4n) is 2.13. The first-order valence-electron chi connectivity index (χ1n) is 6.55. The second-order valence-corrected chi connectivity index (χ2v) is 6.29. The van der Waals surface area contributed by atoms with Gasteiger partial charge in [-0.25, -0.2) is 4.98 Å². The third kappa shape index (κ3) is 3.07. The van der Waals surface area contributed by atoms with Crippen LogP contribution in [0.3, 0.4) is 0 Å². The standard InChI is InChI=1S/C16H15BrN2S/c17-10-13(12-6-2-1-3-7-12)11-20-16-18-14-8-4-5-9-15(14)19-16/h1-9,13H,10-11H2,(H,18,19). The van der Waals surface area contributed by atoms with Gasteiger partial charge < -0.3 is 4.98 Å². The first kappa shape index (κ1) is 13.7. The van der Waals surface area contributed by atoms with Gasteiger partial charge in [0.25, 0.3) is 0 Å². The number of para-hydroxylation sites is 2. The molecule has 0 bridgehead atoms. The van der Waals surface area contributed by atoms with Crippen LogP contribution in [-0.4, -0.2) is 21.1 Å². The maximum atomic E-state index is 4.60. The van der Waals surface area contributed by atoms with Gasteiger partial charge in [-0.2, -0.15) is 0 Å². The molecule has 4 heteroatoms. The number of nitrogens with zero attached hydrogens (tertiary/aromatic N) is 1. The first-order chi connectivity index (χ1) is 9.86. The van der Waals surface area contributed by atoms with Crippen molar-refractivity contribution in [2.45, 2.75) is 11.1 Å². The number of aromatic amines is 1. The van der Waals surface area contributed by atoms with E-state index < -0.39 is 0 Å². The van der Waals surface area contributed by atoms with E-state index in [-0.39, 0.29) is 0 Å². The topological polar surface area (TPSA) is 28.7 Å². The molecule has 0 aliphatic carbocycles. The summed E-state index contributed by atoms with van der Waals surface area (Å²) in [5.41, 5.74) is 3.50. The normalized spacial score (nSPS) is 12.7. The lowest BCUT2D eigenvalue weighted by Crippen LogP contribution is -2.03. The summed E-state index contributed by atoms with van der Waals surface area (Å²) >= 11 is 5.39. The van der Waals surface area contributed by atoms with Crippen LogP contribution < -0.4 is 0 Å². The predicted molar refractivity (Wildman–Crippen MR) is 89.8 cm³/mol. The highest BCUT2D eigenvalue weighted by molar-refractivity contribution is 9.09. The molecule has 1 unspecified atom stereocenters. The summed E-state index contributed by atoms with van der Waals surface area (Å²) in [7, 11) is 0. The van der Waals surface area contributed by atoms with Gasteiger partial charge in [0.05, 0.1) is 11.0 Å². The lowest BCUT2D eigenvalue weighted by atomic mass is 10.0. The van der Waals surface area contributed by atoms with Crippen LogP contribution in [0.4, 0.5) is 0 Å². The molecule has 3 rings (SSSR count). The zero-order valence-electron chi connectivity index (χ0n) is 10.9. The summed E-state index contributed by atoms with van der Waals surface area (Å²) in [5.74, 6) is 1.50. The number of hydrogen-bond acceptors (Lipinski definition) is 2. The predicted octanol–water partition coefficient (Wildman–Crippen LogP) is 4.83. The second kappa shape index (κ2) is 6.46. The highest BCUT2D eigenvalue weighted by Gasteiger charge is 2.12. The minimum atomic E-state index is 0.495. The monoisotopic (exact) mass is 346 g/mol. The van der Waals surface area contributed by atoms with Crippen molar-refractivity contribution in [2.24, 2.45) is 0 Å².